The lowest BCUT2D eigenvalue weighted by atomic mass is 9.81. The van der Waals surface area contributed by atoms with Crippen LogP contribution in [0, 0.1) is 11.3 Å². The molecule has 1 unspecified atom stereocenters. The molecule has 1 saturated heterocycles. The number of carboxylic acid groups (broad SMARTS) is 1. The Labute approximate surface area is 205 Å². The van der Waals surface area contributed by atoms with Crippen LogP contribution in [0.15, 0.2) is 48.5 Å². The van der Waals surface area contributed by atoms with Crippen LogP contribution in [0.4, 0.5) is 4.79 Å². The van der Waals surface area contributed by atoms with E-state index in [0.29, 0.717) is 19.4 Å². The van der Waals surface area contributed by atoms with Gasteiger partial charge in [0.2, 0.25) is 5.91 Å². The van der Waals surface area contributed by atoms with Crippen molar-refractivity contribution >= 4 is 18.0 Å². The van der Waals surface area contributed by atoms with Crippen molar-refractivity contribution < 1.29 is 29.0 Å². The van der Waals surface area contributed by atoms with E-state index in [0.717, 1.165) is 22.3 Å². The molecule has 1 aliphatic heterocycles. The summed E-state index contributed by atoms with van der Waals surface area (Å²) in [5.41, 5.74) is 3.47. The molecule has 8 heteroatoms. The number of alkyl carbamates (subject to hydrolysis) is 1. The van der Waals surface area contributed by atoms with E-state index in [1.807, 2.05) is 36.4 Å². The number of carboxylic acids is 1. The van der Waals surface area contributed by atoms with E-state index >= 15 is 0 Å². The van der Waals surface area contributed by atoms with Crippen LogP contribution >= 0.6 is 0 Å². The minimum absolute atomic E-state index is 0.0000579. The molecule has 2 aromatic rings. The Balaban J connectivity index is 1.40. The van der Waals surface area contributed by atoms with Gasteiger partial charge < -0.3 is 25.2 Å². The van der Waals surface area contributed by atoms with Crippen molar-refractivity contribution in [3.05, 3.63) is 59.7 Å². The zero-order valence-electron chi connectivity index (χ0n) is 20.1. The van der Waals surface area contributed by atoms with Gasteiger partial charge in [0.15, 0.2) is 0 Å². The smallest absolute Gasteiger partial charge is 0.407 e. The van der Waals surface area contributed by atoms with Gasteiger partial charge in [0.25, 0.3) is 0 Å². The number of hydrogen-bond acceptors (Lipinski definition) is 5. The van der Waals surface area contributed by atoms with Crippen LogP contribution in [-0.4, -0.2) is 55.5 Å². The Morgan fingerprint density at radius 2 is 1.71 bits per heavy atom. The van der Waals surface area contributed by atoms with E-state index in [2.05, 4.69) is 22.8 Å². The normalized spacial score (nSPS) is 20.0. The fourth-order valence-corrected chi connectivity index (χ4v) is 4.95. The van der Waals surface area contributed by atoms with E-state index in [1.165, 1.54) is 0 Å². The number of ether oxygens (including phenoxy) is 2. The number of nitrogens with one attached hydrogen (secondary N) is 2. The quantitative estimate of drug-likeness (QED) is 0.533. The maximum Gasteiger partial charge on any atom is 0.407 e. The molecule has 1 aliphatic carbocycles. The lowest BCUT2D eigenvalue weighted by Crippen LogP contribution is -2.57. The van der Waals surface area contributed by atoms with E-state index in [9.17, 15) is 19.5 Å². The van der Waals surface area contributed by atoms with Gasteiger partial charge in [0.1, 0.15) is 12.6 Å². The fraction of sp³-hybridized carbons (Fsp3) is 0.444. The Kier molecular flexibility index (Phi) is 7.40. The van der Waals surface area contributed by atoms with Crippen molar-refractivity contribution in [3.8, 4) is 11.1 Å². The van der Waals surface area contributed by atoms with E-state index < -0.39 is 29.4 Å². The highest BCUT2D eigenvalue weighted by molar-refractivity contribution is 5.88. The highest BCUT2D eigenvalue weighted by Gasteiger charge is 2.43. The Morgan fingerprint density at radius 3 is 2.26 bits per heavy atom. The summed E-state index contributed by atoms with van der Waals surface area (Å²) in [6, 6.07) is 15.2. The number of aliphatic carboxylic acids is 1. The Hall–Kier alpha value is -3.39. The van der Waals surface area contributed by atoms with Crippen LogP contribution in [0.5, 0.6) is 0 Å². The zero-order valence-corrected chi connectivity index (χ0v) is 20.1. The third-order valence-corrected chi connectivity index (χ3v) is 6.94. The van der Waals surface area contributed by atoms with Gasteiger partial charge in [-0.3, -0.25) is 4.79 Å². The minimum atomic E-state index is -1.09. The van der Waals surface area contributed by atoms with Crippen molar-refractivity contribution in [2.24, 2.45) is 11.3 Å². The van der Waals surface area contributed by atoms with Gasteiger partial charge in [0.05, 0.1) is 12.0 Å². The maximum absolute atomic E-state index is 13.1. The summed E-state index contributed by atoms with van der Waals surface area (Å²) in [6.45, 7) is 4.26. The molecule has 3 N–H and O–H groups in total. The predicted octanol–water partition coefficient (Wildman–Crippen LogP) is 3.55. The number of hydrogen-bond donors (Lipinski definition) is 3. The third-order valence-electron chi connectivity index (χ3n) is 6.94. The SMILES string of the molecule is CC(C)[C@@H](NC(=O)C1(CNC(=O)OCC2c3ccccc3-c3ccccc32)CCCOC1)C(=O)O. The van der Waals surface area contributed by atoms with Crippen LogP contribution in [-0.2, 0) is 19.1 Å². The lowest BCUT2D eigenvalue weighted by molar-refractivity contribution is -0.148. The molecule has 2 amide bonds. The summed E-state index contributed by atoms with van der Waals surface area (Å²) in [6.07, 6.45) is 0.495. The molecule has 2 atom stereocenters. The van der Waals surface area contributed by atoms with Crippen molar-refractivity contribution in [2.75, 3.05) is 26.4 Å². The Morgan fingerprint density at radius 1 is 1.09 bits per heavy atom. The summed E-state index contributed by atoms with van der Waals surface area (Å²) in [5, 5.41) is 14.8. The molecule has 0 saturated carbocycles. The molecule has 2 aliphatic rings. The Bertz CT molecular complexity index is 1050. The molecule has 2 aromatic carbocycles. The summed E-state index contributed by atoms with van der Waals surface area (Å²) >= 11 is 0. The second kappa shape index (κ2) is 10.5. The average molecular weight is 481 g/mol. The predicted molar refractivity (Wildman–Crippen MR) is 130 cm³/mol. The van der Waals surface area contributed by atoms with Gasteiger partial charge >= 0.3 is 12.1 Å². The lowest BCUT2D eigenvalue weighted by Gasteiger charge is -2.36. The van der Waals surface area contributed by atoms with Crippen LogP contribution in [0.25, 0.3) is 11.1 Å². The fourth-order valence-electron chi connectivity index (χ4n) is 4.95. The molecule has 1 fully saturated rings. The number of carbonyl (C=O) groups is 3. The van der Waals surface area contributed by atoms with E-state index in [-0.39, 0.29) is 31.6 Å². The molecule has 186 valence electrons. The first-order valence-corrected chi connectivity index (χ1v) is 12.0. The monoisotopic (exact) mass is 480 g/mol. The second-order valence-corrected chi connectivity index (χ2v) is 9.65. The van der Waals surface area contributed by atoms with Gasteiger partial charge in [-0.05, 0) is 41.0 Å². The van der Waals surface area contributed by atoms with Crippen molar-refractivity contribution in [1.82, 2.24) is 10.6 Å². The molecule has 0 radical (unpaired) electrons. The summed E-state index contributed by atoms with van der Waals surface area (Å²) < 4.78 is 11.2. The van der Waals surface area contributed by atoms with Crippen LogP contribution in [0.3, 0.4) is 0 Å². The molecule has 0 spiro atoms. The molecule has 4 rings (SSSR count). The van der Waals surface area contributed by atoms with Gasteiger partial charge in [0, 0.05) is 19.1 Å². The van der Waals surface area contributed by atoms with Gasteiger partial charge in [-0.15, -0.1) is 0 Å². The molecular weight excluding hydrogens is 448 g/mol. The number of benzene rings is 2. The average Bonchev–Trinajstić information content (AvgIpc) is 3.18. The number of amides is 2. The molecule has 35 heavy (non-hydrogen) atoms. The van der Waals surface area contributed by atoms with Crippen LogP contribution in [0.2, 0.25) is 0 Å². The van der Waals surface area contributed by atoms with Crippen LogP contribution < -0.4 is 10.6 Å². The molecular formula is C27H32N2O6. The van der Waals surface area contributed by atoms with Gasteiger partial charge in [-0.1, -0.05) is 62.4 Å². The number of rotatable bonds is 8. The third kappa shape index (κ3) is 5.17. The number of fused-ring (bicyclic) bond motifs is 3. The minimum Gasteiger partial charge on any atom is -0.480 e. The van der Waals surface area contributed by atoms with Crippen molar-refractivity contribution in [2.45, 2.75) is 38.6 Å². The van der Waals surface area contributed by atoms with Gasteiger partial charge in [-0.25, -0.2) is 9.59 Å². The summed E-state index contributed by atoms with van der Waals surface area (Å²) in [4.78, 5) is 37.4. The molecule has 8 nitrogen and oxygen atoms in total. The summed E-state index contributed by atoms with van der Waals surface area (Å²) in [7, 11) is 0. The van der Waals surface area contributed by atoms with Gasteiger partial charge in [-0.2, -0.15) is 0 Å². The van der Waals surface area contributed by atoms with Crippen LogP contribution in [0.1, 0.15) is 43.7 Å². The molecule has 0 bridgehead atoms. The van der Waals surface area contributed by atoms with Crippen molar-refractivity contribution in [1.29, 1.82) is 0 Å². The summed E-state index contributed by atoms with van der Waals surface area (Å²) in [5.74, 6) is -1.87. The topological polar surface area (TPSA) is 114 Å². The van der Waals surface area contributed by atoms with E-state index in [1.54, 1.807) is 13.8 Å². The zero-order chi connectivity index (χ0) is 25.0. The van der Waals surface area contributed by atoms with Crippen molar-refractivity contribution in [3.63, 3.8) is 0 Å². The second-order valence-electron chi connectivity index (χ2n) is 9.65. The first-order chi connectivity index (χ1) is 16.8. The highest BCUT2D eigenvalue weighted by Crippen LogP contribution is 2.44. The maximum atomic E-state index is 13.1. The highest BCUT2D eigenvalue weighted by atomic mass is 16.5. The number of carbonyl (C=O) groups excluding carboxylic acids is 2. The first-order valence-electron chi connectivity index (χ1n) is 12.0. The molecule has 0 aromatic heterocycles. The molecule has 1 heterocycles. The van der Waals surface area contributed by atoms with E-state index in [4.69, 9.17) is 9.47 Å². The standard InChI is InChI=1S/C27H32N2O6/c1-17(2)23(24(30)31)29-25(32)27(12-7-13-34-16-27)15-28-26(33)35-14-22-20-10-5-3-8-18(20)19-9-4-6-11-21(19)22/h3-6,8-11,17,22-23H,7,12-16H2,1-2H3,(H,28,33)(H,29,32)(H,30,31)/t23-,27?/m1/s1. The first kappa shape index (κ1) is 24.7. The largest absolute Gasteiger partial charge is 0.480 e.